The number of unbranched alkanes of at least 4 members (excludes halogenated alkanes) is 8. The van der Waals surface area contributed by atoms with Gasteiger partial charge in [0.05, 0.1) is 7.11 Å². The second kappa shape index (κ2) is 12.0. The molecule has 0 amide bonds. The first-order chi connectivity index (χ1) is 12.0. The third-order valence-corrected chi connectivity index (χ3v) is 4.81. The van der Waals surface area contributed by atoms with Gasteiger partial charge in [0.15, 0.2) is 5.78 Å². The van der Waals surface area contributed by atoms with Gasteiger partial charge in [-0.1, -0.05) is 51.5 Å². The van der Waals surface area contributed by atoms with Crippen LogP contribution in [-0.4, -0.2) is 29.6 Å². The van der Waals surface area contributed by atoms with Gasteiger partial charge in [0, 0.05) is 12.0 Å². The van der Waals surface area contributed by atoms with E-state index < -0.39 is 5.60 Å². The van der Waals surface area contributed by atoms with Crippen molar-refractivity contribution in [1.82, 2.24) is 0 Å². The summed E-state index contributed by atoms with van der Waals surface area (Å²) in [6, 6.07) is 0. The number of ether oxygens (including phenoxy) is 1. The maximum absolute atomic E-state index is 12.0. The van der Waals surface area contributed by atoms with Gasteiger partial charge in [-0.05, 0) is 44.3 Å². The summed E-state index contributed by atoms with van der Waals surface area (Å²) >= 11 is 0. The predicted octanol–water partition coefficient (Wildman–Crippen LogP) is 4.66. The molecule has 0 heterocycles. The zero-order chi connectivity index (χ0) is 18.5. The number of carbonyl (C=O) groups excluding carboxylic acids is 2. The number of esters is 1. The number of aliphatic hydroxyl groups is 1. The Hall–Kier alpha value is -1.42. The van der Waals surface area contributed by atoms with Gasteiger partial charge in [-0.3, -0.25) is 9.59 Å². The highest BCUT2D eigenvalue weighted by Gasteiger charge is 2.36. The Morgan fingerprint density at radius 1 is 1.12 bits per heavy atom. The van der Waals surface area contributed by atoms with E-state index in [-0.39, 0.29) is 11.8 Å². The molecule has 0 saturated carbocycles. The highest BCUT2D eigenvalue weighted by Crippen LogP contribution is 2.32. The Labute approximate surface area is 152 Å². The Balaban J connectivity index is 2.34. The van der Waals surface area contributed by atoms with Crippen LogP contribution in [0.4, 0.5) is 0 Å². The van der Waals surface area contributed by atoms with Gasteiger partial charge in [-0.25, -0.2) is 0 Å². The van der Waals surface area contributed by atoms with Crippen molar-refractivity contribution in [3.8, 4) is 0 Å². The van der Waals surface area contributed by atoms with Crippen molar-refractivity contribution in [2.45, 2.75) is 89.6 Å². The lowest BCUT2D eigenvalue weighted by atomic mass is 9.89. The van der Waals surface area contributed by atoms with Gasteiger partial charge < -0.3 is 9.84 Å². The molecule has 4 nitrogen and oxygen atoms in total. The lowest BCUT2D eigenvalue weighted by molar-refractivity contribution is -0.140. The predicted molar refractivity (Wildman–Crippen MR) is 100 cm³/mol. The molecule has 0 saturated heterocycles. The monoisotopic (exact) mass is 350 g/mol. The van der Waals surface area contributed by atoms with Crippen molar-refractivity contribution in [1.29, 1.82) is 0 Å². The summed E-state index contributed by atoms with van der Waals surface area (Å²) in [5.74, 6) is -0.245. The number of allylic oxidation sites excluding steroid dienone is 2. The lowest BCUT2D eigenvalue weighted by Crippen LogP contribution is -2.27. The van der Waals surface area contributed by atoms with Gasteiger partial charge >= 0.3 is 5.97 Å². The van der Waals surface area contributed by atoms with Crippen molar-refractivity contribution >= 4 is 11.8 Å². The summed E-state index contributed by atoms with van der Waals surface area (Å²) in [4.78, 5) is 23.1. The van der Waals surface area contributed by atoms with Gasteiger partial charge in [0.25, 0.3) is 0 Å². The van der Waals surface area contributed by atoms with E-state index in [9.17, 15) is 14.7 Å². The minimum absolute atomic E-state index is 0.0666. The fraction of sp³-hybridized carbons (Fsp3) is 0.714. The first-order valence-electron chi connectivity index (χ1n) is 9.77. The molecule has 0 unspecified atom stereocenters. The number of carbonyl (C=O) groups is 2. The standard InChI is InChI=1S/C21H34O4/c1-3-4-5-6-9-12-16-21(24)17-15-19(22)18(21)13-10-7-8-11-14-20(23)25-2/h13,15,17,24H,3-12,14,16H2,1-2H3/b18-13-/t21-/m1/s1. The van der Waals surface area contributed by atoms with Crippen molar-refractivity contribution < 1.29 is 19.4 Å². The van der Waals surface area contributed by atoms with Crippen molar-refractivity contribution in [2.24, 2.45) is 0 Å². The summed E-state index contributed by atoms with van der Waals surface area (Å²) in [5.41, 5.74) is -0.539. The van der Waals surface area contributed by atoms with Crippen LogP contribution < -0.4 is 0 Å². The second-order valence-electron chi connectivity index (χ2n) is 6.93. The normalized spacial score (nSPS) is 21.2. The smallest absolute Gasteiger partial charge is 0.305 e. The molecule has 25 heavy (non-hydrogen) atoms. The maximum Gasteiger partial charge on any atom is 0.305 e. The molecular formula is C21H34O4. The number of hydrogen-bond donors (Lipinski definition) is 1. The molecule has 1 atom stereocenters. The van der Waals surface area contributed by atoms with Crippen LogP contribution in [0.25, 0.3) is 0 Å². The average molecular weight is 350 g/mol. The zero-order valence-electron chi connectivity index (χ0n) is 15.9. The van der Waals surface area contributed by atoms with Gasteiger partial charge in [0.2, 0.25) is 0 Å². The van der Waals surface area contributed by atoms with Crippen LogP contribution in [0.15, 0.2) is 23.8 Å². The van der Waals surface area contributed by atoms with Crippen LogP contribution in [0.3, 0.4) is 0 Å². The van der Waals surface area contributed by atoms with Gasteiger partial charge in [-0.15, -0.1) is 0 Å². The molecule has 0 aromatic heterocycles. The fourth-order valence-corrected chi connectivity index (χ4v) is 3.22. The molecular weight excluding hydrogens is 316 g/mol. The SMILES string of the molecule is CCCCCCCC[C@@]1(O)C=CC(=O)/C1=C/CCCCCC(=O)OC. The summed E-state index contributed by atoms with van der Waals surface area (Å²) < 4.78 is 4.61. The van der Waals surface area contributed by atoms with Crippen LogP contribution in [0.5, 0.6) is 0 Å². The molecule has 142 valence electrons. The Kier molecular flexibility index (Phi) is 10.4. The molecule has 0 aliphatic heterocycles. The molecule has 1 N–H and O–H groups in total. The van der Waals surface area contributed by atoms with Crippen molar-refractivity contribution in [3.05, 3.63) is 23.8 Å². The van der Waals surface area contributed by atoms with E-state index in [2.05, 4.69) is 11.7 Å². The van der Waals surface area contributed by atoms with E-state index in [1.54, 1.807) is 6.08 Å². The average Bonchev–Trinajstić information content (AvgIpc) is 2.89. The van der Waals surface area contributed by atoms with Gasteiger partial charge in [-0.2, -0.15) is 0 Å². The number of ketones is 1. The first-order valence-corrected chi connectivity index (χ1v) is 9.77. The molecule has 0 fully saturated rings. The minimum Gasteiger partial charge on any atom is -0.469 e. The molecule has 4 heteroatoms. The molecule has 0 aromatic rings. The van der Waals surface area contributed by atoms with Crippen LogP contribution in [-0.2, 0) is 14.3 Å². The summed E-state index contributed by atoms with van der Waals surface area (Å²) in [6.07, 6.45) is 16.5. The second-order valence-corrected chi connectivity index (χ2v) is 6.93. The minimum atomic E-state index is -1.08. The van der Waals surface area contributed by atoms with E-state index in [1.807, 2.05) is 6.08 Å². The van der Waals surface area contributed by atoms with E-state index in [4.69, 9.17) is 0 Å². The number of hydrogen-bond acceptors (Lipinski definition) is 4. The summed E-state index contributed by atoms with van der Waals surface area (Å²) in [7, 11) is 1.40. The van der Waals surface area contributed by atoms with E-state index >= 15 is 0 Å². The van der Waals surface area contributed by atoms with E-state index in [1.165, 1.54) is 38.9 Å². The lowest BCUT2D eigenvalue weighted by Gasteiger charge is -2.22. The summed E-state index contributed by atoms with van der Waals surface area (Å²) in [6.45, 7) is 2.20. The molecule has 0 radical (unpaired) electrons. The highest BCUT2D eigenvalue weighted by molar-refractivity contribution is 6.08. The van der Waals surface area contributed by atoms with Crippen LogP contribution in [0.1, 0.15) is 84.0 Å². The fourth-order valence-electron chi connectivity index (χ4n) is 3.22. The topological polar surface area (TPSA) is 63.6 Å². The van der Waals surface area contributed by atoms with E-state index in [0.29, 0.717) is 18.4 Å². The summed E-state index contributed by atoms with van der Waals surface area (Å²) in [5, 5.41) is 10.8. The van der Waals surface area contributed by atoms with Crippen LogP contribution in [0, 0.1) is 0 Å². The Morgan fingerprint density at radius 3 is 2.52 bits per heavy atom. The number of methoxy groups -OCH3 is 1. The molecule has 0 bridgehead atoms. The maximum atomic E-state index is 12.0. The third-order valence-electron chi connectivity index (χ3n) is 4.81. The highest BCUT2D eigenvalue weighted by atomic mass is 16.5. The first kappa shape index (κ1) is 21.6. The Morgan fingerprint density at radius 2 is 1.80 bits per heavy atom. The molecule has 1 aliphatic rings. The zero-order valence-corrected chi connectivity index (χ0v) is 15.9. The van der Waals surface area contributed by atoms with Crippen LogP contribution >= 0.6 is 0 Å². The van der Waals surface area contributed by atoms with Crippen molar-refractivity contribution in [2.75, 3.05) is 7.11 Å². The van der Waals surface area contributed by atoms with Crippen molar-refractivity contribution in [3.63, 3.8) is 0 Å². The third kappa shape index (κ3) is 8.00. The molecule has 1 aliphatic carbocycles. The van der Waals surface area contributed by atoms with E-state index in [0.717, 1.165) is 38.5 Å². The Bertz CT molecular complexity index is 478. The molecule has 0 aromatic carbocycles. The van der Waals surface area contributed by atoms with Crippen LogP contribution in [0.2, 0.25) is 0 Å². The van der Waals surface area contributed by atoms with Gasteiger partial charge in [0.1, 0.15) is 5.60 Å². The largest absolute Gasteiger partial charge is 0.469 e. The molecule has 0 spiro atoms. The quantitative estimate of drug-likeness (QED) is 0.298. The molecule has 1 rings (SSSR count). The number of rotatable bonds is 13.